The van der Waals surface area contributed by atoms with Gasteiger partial charge in [-0.15, -0.1) is 0 Å². The molecule has 0 fully saturated rings. The van der Waals surface area contributed by atoms with Gasteiger partial charge in [0, 0.05) is 39.4 Å². The van der Waals surface area contributed by atoms with E-state index >= 15 is 0 Å². The summed E-state index contributed by atoms with van der Waals surface area (Å²) >= 11 is 1.64. The molecule has 1 amide bonds. The van der Waals surface area contributed by atoms with Gasteiger partial charge in [-0.25, -0.2) is 4.98 Å². The molecular weight excluding hydrogens is 334 g/mol. The highest BCUT2D eigenvalue weighted by Crippen LogP contribution is 2.38. The van der Waals surface area contributed by atoms with E-state index in [1.54, 1.807) is 28.3 Å². The van der Waals surface area contributed by atoms with Crippen LogP contribution in [0.3, 0.4) is 0 Å². The van der Waals surface area contributed by atoms with E-state index in [-0.39, 0.29) is 5.91 Å². The largest absolute Gasteiger partial charge is 0.354 e. The number of hydrogen-bond donors (Lipinski definition) is 0. The van der Waals surface area contributed by atoms with Gasteiger partial charge in [-0.05, 0) is 11.6 Å². The average Bonchev–Trinajstić information content (AvgIpc) is 3.17. The Bertz CT molecular complexity index is 943. The molecule has 3 aromatic rings. The number of carbonyl (C=O) groups excluding carboxylic acids is 1. The zero-order valence-electron chi connectivity index (χ0n) is 14.4. The van der Waals surface area contributed by atoms with Crippen LogP contribution in [0.1, 0.15) is 20.9 Å². The number of rotatable bonds is 2. The van der Waals surface area contributed by atoms with Gasteiger partial charge < -0.3 is 9.80 Å². The van der Waals surface area contributed by atoms with Gasteiger partial charge in [0.15, 0.2) is 5.13 Å². The first-order chi connectivity index (χ1) is 12.0. The van der Waals surface area contributed by atoms with E-state index in [9.17, 15) is 4.79 Å². The third-order valence-electron chi connectivity index (χ3n) is 4.26. The van der Waals surface area contributed by atoms with Gasteiger partial charge in [0.2, 0.25) is 0 Å². The summed E-state index contributed by atoms with van der Waals surface area (Å²) in [7, 11) is 5.79. The summed E-state index contributed by atoms with van der Waals surface area (Å²) in [6.45, 7) is 1.11. The maximum absolute atomic E-state index is 13.0. The van der Waals surface area contributed by atoms with Gasteiger partial charge in [0.1, 0.15) is 5.69 Å². The third kappa shape index (κ3) is 2.80. The quantitative estimate of drug-likeness (QED) is 0.711. The number of thiazole rings is 1. The van der Waals surface area contributed by atoms with Gasteiger partial charge in [-0.2, -0.15) is 5.10 Å². The maximum Gasteiger partial charge on any atom is 0.274 e. The first kappa shape index (κ1) is 15.8. The molecule has 0 saturated carbocycles. The molecular formula is C18H19N5OS. The van der Waals surface area contributed by atoms with Crippen molar-refractivity contribution < 1.29 is 4.79 Å². The van der Waals surface area contributed by atoms with Crippen molar-refractivity contribution in [1.29, 1.82) is 0 Å². The van der Waals surface area contributed by atoms with Crippen molar-refractivity contribution in [3.63, 3.8) is 0 Å². The lowest BCUT2D eigenvalue weighted by atomic mass is 10.1. The predicted octanol–water partition coefficient (Wildman–Crippen LogP) is 2.77. The van der Waals surface area contributed by atoms with Crippen molar-refractivity contribution in [1.82, 2.24) is 19.7 Å². The van der Waals surface area contributed by atoms with Crippen LogP contribution >= 0.6 is 11.3 Å². The summed E-state index contributed by atoms with van der Waals surface area (Å²) in [5, 5.41) is 5.22. The molecule has 0 saturated heterocycles. The lowest BCUT2D eigenvalue weighted by Crippen LogP contribution is -2.29. The summed E-state index contributed by atoms with van der Waals surface area (Å²) in [6.07, 6.45) is 1.79. The smallest absolute Gasteiger partial charge is 0.274 e. The van der Waals surface area contributed by atoms with Crippen LogP contribution in [0.2, 0.25) is 0 Å². The normalized spacial score (nSPS) is 13.2. The molecule has 0 N–H and O–H groups in total. The minimum absolute atomic E-state index is 0.0527. The lowest BCUT2D eigenvalue weighted by Gasteiger charge is -2.20. The minimum Gasteiger partial charge on any atom is -0.354 e. The summed E-state index contributed by atoms with van der Waals surface area (Å²) in [4.78, 5) is 22.7. The van der Waals surface area contributed by atoms with Crippen molar-refractivity contribution >= 4 is 22.4 Å². The average molecular weight is 353 g/mol. The van der Waals surface area contributed by atoms with Crippen LogP contribution in [0, 0.1) is 0 Å². The van der Waals surface area contributed by atoms with Crippen molar-refractivity contribution in [2.45, 2.75) is 13.1 Å². The van der Waals surface area contributed by atoms with Gasteiger partial charge in [-0.3, -0.25) is 9.48 Å². The first-order valence-electron chi connectivity index (χ1n) is 8.07. The first-order valence-corrected chi connectivity index (χ1v) is 8.89. The molecule has 0 unspecified atom stereocenters. The van der Waals surface area contributed by atoms with Gasteiger partial charge in [-0.1, -0.05) is 35.6 Å². The van der Waals surface area contributed by atoms with Crippen LogP contribution in [-0.2, 0) is 20.1 Å². The standard InChI is InChI=1S/C18H19N5OS/c1-21(2)18-19-16-13-7-5-4-6-12(13)10-23(11-15(16)25-18)17(24)14-8-9-22(3)20-14/h4-9H,10-11H2,1-3H3. The Morgan fingerprint density at radius 2 is 2.00 bits per heavy atom. The molecule has 1 aromatic carbocycles. The molecule has 0 atom stereocenters. The second-order valence-corrected chi connectivity index (χ2v) is 7.42. The topological polar surface area (TPSA) is 54.3 Å². The van der Waals surface area contributed by atoms with Crippen LogP contribution in [0.25, 0.3) is 11.3 Å². The summed E-state index contributed by atoms with van der Waals surface area (Å²) in [5.74, 6) is -0.0527. The van der Waals surface area contributed by atoms with Crippen LogP contribution in [0.4, 0.5) is 5.13 Å². The van der Waals surface area contributed by atoms with Crippen LogP contribution in [-0.4, -0.2) is 39.7 Å². The number of aromatic nitrogens is 3. The Morgan fingerprint density at radius 1 is 1.20 bits per heavy atom. The number of fused-ring (bicyclic) bond motifs is 3. The third-order valence-corrected chi connectivity index (χ3v) is 5.46. The molecule has 25 heavy (non-hydrogen) atoms. The van der Waals surface area contributed by atoms with Crippen molar-refractivity contribution in [2.24, 2.45) is 7.05 Å². The highest BCUT2D eigenvalue weighted by Gasteiger charge is 2.27. The molecule has 7 heteroatoms. The number of carbonyl (C=O) groups is 1. The van der Waals surface area contributed by atoms with E-state index in [0.717, 1.165) is 26.8 Å². The minimum atomic E-state index is -0.0527. The van der Waals surface area contributed by atoms with Crippen LogP contribution < -0.4 is 4.90 Å². The van der Waals surface area contributed by atoms with E-state index < -0.39 is 0 Å². The molecule has 4 rings (SSSR count). The van der Waals surface area contributed by atoms with Crippen molar-refractivity contribution in [3.8, 4) is 11.3 Å². The highest BCUT2D eigenvalue weighted by atomic mass is 32.1. The molecule has 3 heterocycles. The molecule has 1 aliphatic rings. The molecule has 2 aromatic heterocycles. The Hall–Kier alpha value is -2.67. The maximum atomic E-state index is 13.0. The highest BCUT2D eigenvalue weighted by molar-refractivity contribution is 7.16. The number of benzene rings is 1. The second kappa shape index (κ2) is 6.00. The van der Waals surface area contributed by atoms with E-state index in [1.807, 2.05) is 43.1 Å². The van der Waals surface area contributed by atoms with Gasteiger partial charge in [0.05, 0.1) is 17.1 Å². The van der Waals surface area contributed by atoms with E-state index in [1.165, 1.54) is 0 Å². The summed E-state index contributed by atoms with van der Waals surface area (Å²) in [6, 6.07) is 9.94. The van der Waals surface area contributed by atoms with E-state index in [2.05, 4.69) is 17.2 Å². The predicted molar refractivity (Wildman–Crippen MR) is 98.7 cm³/mol. The fraction of sp³-hybridized carbons (Fsp3) is 0.278. The molecule has 0 bridgehead atoms. The SMILES string of the molecule is CN(C)c1nc2c(s1)CN(C(=O)c1ccn(C)n1)Cc1ccccc1-2. The van der Waals surface area contributed by atoms with Crippen LogP contribution in [0.5, 0.6) is 0 Å². The van der Waals surface area contributed by atoms with Crippen molar-refractivity contribution in [2.75, 3.05) is 19.0 Å². The number of anilines is 1. The Morgan fingerprint density at radius 3 is 2.72 bits per heavy atom. The van der Waals surface area contributed by atoms with Crippen molar-refractivity contribution in [3.05, 3.63) is 52.7 Å². The number of aryl methyl sites for hydroxylation is 1. The van der Waals surface area contributed by atoms with E-state index in [4.69, 9.17) is 4.98 Å². The zero-order chi connectivity index (χ0) is 17.6. The fourth-order valence-electron chi connectivity index (χ4n) is 3.01. The molecule has 128 valence electrons. The van der Waals surface area contributed by atoms with Gasteiger partial charge >= 0.3 is 0 Å². The lowest BCUT2D eigenvalue weighted by molar-refractivity contribution is 0.0727. The summed E-state index contributed by atoms with van der Waals surface area (Å²) in [5.41, 5.74) is 3.68. The Labute approximate surface area is 150 Å². The molecule has 0 spiro atoms. The molecule has 0 radical (unpaired) electrons. The second-order valence-electron chi connectivity index (χ2n) is 6.36. The molecule has 1 aliphatic heterocycles. The number of amides is 1. The number of hydrogen-bond acceptors (Lipinski definition) is 5. The Kier molecular flexibility index (Phi) is 3.80. The fourth-order valence-corrected chi connectivity index (χ4v) is 4.02. The van der Waals surface area contributed by atoms with E-state index in [0.29, 0.717) is 18.8 Å². The monoisotopic (exact) mass is 353 g/mol. The molecule has 6 nitrogen and oxygen atoms in total. The summed E-state index contributed by atoms with van der Waals surface area (Å²) < 4.78 is 1.65. The molecule has 0 aliphatic carbocycles. The van der Waals surface area contributed by atoms with Crippen LogP contribution in [0.15, 0.2) is 36.5 Å². The Balaban J connectivity index is 1.79. The van der Waals surface area contributed by atoms with Gasteiger partial charge in [0.25, 0.3) is 5.91 Å². The number of nitrogens with zero attached hydrogens (tertiary/aromatic N) is 5. The zero-order valence-corrected chi connectivity index (χ0v) is 15.2.